The van der Waals surface area contributed by atoms with Crippen LogP contribution in [0.5, 0.6) is 0 Å². The minimum absolute atomic E-state index is 0.0856. The standard InChI is InChI=1S/C18H19N3O3S/c1-25(23,24)18-20-15-9-5-6-10-16(15)21(18)13-17(22)19-12-11-14-7-3-2-4-8-14/h2-10H,11-13H2,1H3,(H,19,22). The lowest BCUT2D eigenvalue weighted by Crippen LogP contribution is -2.30. The third kappa shape index (κ3) is 4.06. The molecule has 1 amide bonds. The number of carbonyl (C=O) groups excluding carboxylic acids is 1. The molecule has 0 unspecified atom stereocenters. The summed E-state index contributed by atoms with van der Waals surface area (Å²) in [4.78, 5) is 16.4. The molecule has 0 bridgehead atoms. The minimum Gasteiger partial charge on any atom is -0.354 e. The monoisotopic (exact) mass is 357 g/mol. The smallest absolute Gasteiger partial charge is 0.240 e. The number of aromatic nitrogens is 2. The summed E-state index contributed by atoms with van der Waals surface area (Å²) in [6.45, 7) is 0.404. The van der Waals surface area contributed by atoms with Gasteiger partial charge in [-0.1, -0.05) is 42.5 Å². The summed E-state index contributed by atoms with van der Waals surface area (Å²) >= 11 is 0. The summed E-state index contributed by atoms with van der Waals surface area (Å²) < 4.78 is 25.4. The zero-order valence-corrected chi connectivity index (χ0v) is 14.7. The Kier molecular flexibility index (Phi) is 4.85. The lowest BCUT2D eigenvalue weighted by molar-refractivity contribution is -0.121. The molecular formula is C18H19N3O3S. The van der Waals surface area contributed by atoms with Gasteiger partial charge in [-0.05, 0) is 24.1 Å². The van der Waals surface area contributed by atoms with Crippen molar-refractivity contribution in [1.29, 1.82) is 0 Å². The molecule has 0 aliphatic rings. The molecule has 1 aromatic heterocycles. The SMILES string of the molecule is CS(=O)(=O)c1nc2ccccc2n1CC(=O)NCCc1ccccc1. The molecule has 6 nitrogen and oxygen atoms in total. The van der Waals surface area contributed by atoms with E-state index in [9.17, 15) is 13.2 Å². The van der Waals surface area contributed by atoms with Gasteiger partial charge in [0.05, 0.1) is 11.0 Å². The number of sulfone groups is 1. The van der Waals surface area contributed by atoms with Crippen LogP contribution in [0.15, 0.2) is 59.8 Å². The topological polar surface area (TPSA) is 81.1 Å². The molecule has 1 heterocycles. The molecule has 7 heteroatoms. The van der Waals surface area contributed by atoms with Crippen molar-refractivity contribution in [3.8, 4) is 0 Å². The second-order valence-electron chi connectivity index (χ2n) is 5.83. The van der Waals surface area contributed by atoms with Crippen molar-refractivity contribution >= 4 is 26.8 Å². The van der Waals surface area contributed by atoms with Crippen molar-refractivity contribution in [2.45, 2.75) is 18.1 Å². The number of imidazole rings is 1. The number of benzene rings is 2. The molecule has 0 saturated heterocycles. The van der Waals surface area contributed by atoms with Gasteiger partial charge in [-0.25, -0.2) is 13.4 Å². The van der Waals surface area contributed by atoms with Crippen LogP contribution in [-0.4, -0.2) is 36.7 Å². The van der Waals surface area contributed by atoms with Crippen molar-refractivity contribution in [2.24, 2.45) is 0 Å². The van der Waals surface area contributed by atoms with E-state index in [1.165, 1.54) is 4.57 Å². The summed E-state index contributed by atoms with van der Waals surface area (Å²) in [7, 11) is -3.53. The highest BCUT2D eigenvalue weighted by Gasteiger charge is 2.20. The van der Waals surface area contributed by atoms with Gasteiger partial charge in [-0.15, -0.1) is 0 Å². The molecule has 3 aromatic rings. The Labute approximate surface area is 146 Å². The maximum atomic E-state index is 12.3. The minimum atomic E-state index is -3.53. The summed E-state index contributed by atoms with van der Waals surface area (Å²) in [5, 5.41) is 2.74. The van der Waals surface area contributed by atoms with E-state index < -0.39 is 9.84 Å². The fraction of sp³-hybridized carbons (Fsp3) is 0.222. The maximum absolute atomic E-state index is 12.3. The third-order valence-corrected chi connectivity index (χ3v) is 4.81. The first-order valence-electron chi connectivity index (χ1n) is 7.91. The van der Waals surface area contributed by atoms with Crippen LogP contribution in [0.4, 0.5) is 0 Å². The second kappa shape index (κ2) is 7.06. The van der Waals surface area contributed by atoms with Crippen molar-refractivity contribution < 1.29 is 13.2 Å². The van der Waals surface area contributed by atoms with E-state index >= 15 is 0 Å². The van der Waals surface area contributed by atoms with Gasteiger partial charge in [0, 0.05) is 12.8 Å². The van der Waals surface area contributed by atoms with E-state index in [0.717, 1.165) is 18.2 Å². The maximum Gasteiger partial charge on any atom is 0.240 e. The Balaban J connectivity index is 1.74. The highest BCUT2D eigenvalue weighted by molar-refractivity contribution is 7.90. The highest BCUT2D eigenvalue weighted by atomic mass is 32.2. The summed E-state index contributed by atoms with van der Waals surface area (Å²) in [6, 6.07) is 16.9. The molecule has 0 aliphatic carbocycles. The van der Waals surface area contributed by atoms with Crippen LogP contribution in [0.1, 0.15) is 5.56 Å². The van der Waals surface area contributed by atoms with Crippen LogP contribution in [0, 0.1) is 0 Å². The van der Waals surface area contributed by atoms with Crippen molar-refractivity contribution in [3.05, 3.63) is 60.2 Å². The Morgan fingerprint density at radius 3 is 2.48 bits per heavy atom. The van der Waals surface area contributed by atoms with E-state index in [-0.39, 0.29) is 17.6 Å². The van der Waals surface area contributed by atoms with Crippen LogP contribution in [0.25, 0.3) is 11.0 Å². The van der Waals surface area contributed by atoms with Gasteiger partial charge in [0.1, 0.15) is 6.54 Å². The first-order chi connectivity index (χ1) is 11.9. The van der Waals surface area contributed by atoms with Gasteiger partial charge in [0.15, 0.2) is 0 Å². The molecule has 0 radical (unpaired) electrons. The highest BCUT2D eigenvalue weighted by Crippen LogP contribution is 2.19. The van der Waals surface area contributed by atoms with Crippen LogP contribution in [0.2, 0.25) is 0 Å². The Hall–Kier alpha value is -2.67. The molecule has 3 rings (SSSR count). The number of nitrogens with one attached hydrogen (secondary N) is 1. The molecule has 1 N–H and O–H groups in total. The molecule has 25 heavy (non-hydrogen) atoms. The van der Waals surface area contributed by atoms with Crippen molar-refractivity contribution in [3.63, 3.8) is 0 Å². The lowest BCUT2D eigenvalue weighted by Gasteiger charge is -2.09. The van der Waals surface area contributed by atoms with E-state index in [1.807, 2.05) is 30.3 Å². The predicted molar refractivity (Wildman–Crippen MR) is 96.0 cm³/mol. The van der Waals surface area contributed by atoms with Gasteiger partial charge >= 0.3 is 0 Å². The molecule has 0 atom stereocenters. The number of amides is 1. The van der Waals surface area contributed by atoms with E-state index in [4.69, 9.17) is 0 Å². The molecule has 130 valence electrons. The number of nitrogens with zero attached hydrogens (tertiary/aromatic N) is 2. The molecule has 0 spiro atoms. The van der Waals surface area contributed by atoms with Crippen LogP contribution < -0.4 is 5.32 Å². The average molecular weight is 357 g/mol. The van der Waals surface area contributed by atoms with Gasteiger partial charge in [0.25, 0.3) is 0 Å². The number of carbonyl (C=O) groups is 1. The number of hydrogen-bond donors (Lipinski definition) is 1. The van der Waals surface area contributed by atoms with E-state index in [2.05, 4.69) is 10.3 Å². The van der Waals surface area contributed by atoms with Crippen molar-refractivity contribution in [1.82, 2.24) is 14.9 Å². The van der Waals surface area contributed by atoms with Gasteiger partial charge in [-0.2, -0.15) is 0 Å². The first-order valence-corrected chi connectivity index (χ1v) is 9.80. The summed E-state index contributed by atoms with van der Waals surface area (Å²) in [5.74, 6) is -0.246. The Morgan fingerprint density at radius 1 is 1.08 bits per heavy atom. The Bertz CT molecular complexity index is 995. The quantitative estimate of drug-likeness (QED) is 0.729. The third-order valence-electron chi connectivity index (χ3n) is 3.83. The summed E-state index contributed by atoms with van der Waals surface area (Å²) in [5.41, 5.74) is 2.31. The largest absolute Gasteiger partial charge is 0.354 e. The first kappa shape index (κ1) is 17.2. The number of hydrogen-bond acceptors (Lipinski definition) is 4. The molecule has 0 fully saturated rings. The second-order valence-corrected chi connectivity index (χ2v) is 7.74. The zero-order valence-electron chi connectivity index (χ0n) is 13.8. The lowest BCUT2D eigenvalue weighted by atomic mass is 10.1. The number of fused-ring (bicyclic) bond motifs is 1. The van der Waals surface area contributed by atoms with Gasteiger partial charge in [-0.3, -0.25) is 4.79 Å². The summed E-state index contributed by atoms with van der Waals surface area (Å²) in [6.07, 6.45) is 1.81. The molecule has 0 saturated carbocycles. The fourth-order valence-corrected chi connectivity index (χ4v) is 3.51. The van der Waals surface area contributed by atoms with E-state index in [1.54, 1.807) is 24.3 Å². The predicted octanol–water partition coefficient (Wildman–Crippen LogP) is 1.80. The van der Waals surface area contributed by atoms with Crippen LogP contribution in [0.3, 0.4) is 0 Å². The number of rotatable bonds is 6. The number of para-hydroxylation sites is 2. The van der Waals surface area contributed by atoms with Gasteiger partial charge < -0.3 is 9.88 Å². The van der Waals surface area contributed by atoms with Crippen LogP contribution >= 0.6 is 0 Å². The van der Waals surface area contributed by atoms with Crippen LogP contribution in [-0.2, 0) is 27.6 Å². The molecule has 2 aromatic carbocycles. The molecule has 0 aliphatic heterocycles. The average Bonchev–Trinajstić information content (AvgIpc) is 2.95. The van der Waals surface area contributed by atoms with E-state index in [0.29, 0.717) is 17.6 Å². The van der Waals surface area contributed by atoms with Gasteiger partial charge in [0.2, 0.25) is 20.9 Å². The molecular weight excluding hydrogens is 338 g/mol. The Morgan fingerprint density at radius 2 is 1.76 bits per heavy atom. The fourth-order valence-electron chi connectivity index (χ4n) is 2.68. The normalized spacial score (nSPS) is 11.6. The zero-order chi connectivity index (χ0) is 17.9. The van der Waals surface area contributed by atoms with Crippen molar-refractivity contribution in [2.75, 3.05) is 12.8 Å².